The fourth-order valence-corrected chi connectivity index (χ4v) is 9.14. The molecule has 7 rings (SSSR count). The number of aromatic nitrogens is 1. The average molecular weight is 732 g/mol. The van der Waals surface area contributed by atoms with Crippen molar-refractivity contribution in [3.05, 3.63) is 217 Å². The van der Waals surface area contributed by atoms with Crippen LogP contribution >= 0.6 is 0 Å². The van der Waals surface area contributed by atoms with Gasteiger partial charge >= 0.3 is 0 Å². The zero-order valence-corrected chi connectivity index (χ0v) is 33.2. The molecule has 0 saturated heterocycles. The summed E-state index contributed by atoms with van der Waals surface area (Å²) in [6.45, 7) is 11.0. The standard InChI is InChI=1S/C55H57N/c1-4-5-6-16-33-53(42(3)43-21-10-7-11-22-43)50-31-19-30-49(40-50)52-36-35-45(27-17-28-47(38-41(52)2)44-23-12-8-13-24-44)48-29-18-32-51(39-48)54-34-20-37-56-55(54)46-25-14-9-15-26-46/h4-12,14-16,18-22,25-26,29,31-34,36-37,39-40,44-45,47,49H,1-2,13,17,23-24,27-28,30,35,38H2,3H3/b6-5+,33-16-,52-36-,53-42-. The number of hydrogen-bond acceptors (Lipinski definition) is 1. The molecule has 4 unspecified atom stereocenters. The molecule has 3 aromatic carbocycles. The molecular weight excluding hydrogens is 675 g/mol. The van der Waals surface area contributed by atoms with E-state index >= 15 is 0 Å². The van der Waals surface area contributed by atoms with Crippen LogP contribution < -0.4 is 0 Å². The van der Waals surface area contributed by atoms with Crippen molar-refractivity contribution >= 4 is 5.57 Å². The van der Waals surface area contributed by atoms with Crippen LogP contribution in [0.1, 0.15) is 81.8 Å². The average Bonchev–Trinajstić information content (AvgIpc) is 3.26. The predicted molar refractivity (Wildman–Crippen MR) is 241 cm³/mol. The minimum Gasteiger partial charge on any atom is -0.256 e. The van der Waals surface area contributed by atoms with E-state index in [2.05, 4.69) is 165 Å². The van der Waals surface area contributed by atoms with E-state index < -0.39 is 0 Å². The summed E-state index contributed by atoms with van der Waals surface area (Å²) < 4.78 is 0. The maximum atomic E-state index is 4.91. The molecule has 3 aliphatic carbocycles. The summed E-state index contributed by atoms with van der Waals surface area (Å²) >= 11 is 0. The lowest BCUT2D eigenvalue weighted by Crippen LogP contribution is -2.19. The van der Waals surface area contributed by atoms with Gasteiger partial charge in [-0.15, -0.1) is 0 Å². The molecule has 0 bridgehead atoms. The zero-order chi connectivity index (χ0) is 38.5. The van der Waals surface area contributed by atoms with E-state index in [1.807, 2.05) is 18.3 Å². The van der Waals surface area contributed by atoms with Gasteiger partial charge in [0.05, 0.1) is 5.69 Å². The topological polar surface area (TPSA) is 12.9 Å². The van der Waals surface area contributed by atoms with Gasteiger partial charge in [0.2, 0.25) is 0 Å². The number of nitrogens with zero attached hydrogens (tertiary/aromatic N) is 1. The molecule has 0 amide bonds. The van der Waals surface area contributed by atoms with Gasteiger partial charge in [-0.25, -0.2) is 0 Å². The normalized spacial score (nSPS) is 23.3. The fraction of sp³-hybridized carbons (Fsp3) is 0.255. The van der Waals surface area contributed by atoms with Crippen molar-refractivity contribution in [3.63, 3.8) is 0 Å². The molecule has 1 nitrogen and oxygen atoms in total. The Hall–Kier alpha value is -5.53. The van der Waals surface area contributed by atoms with Gasteiger partial charge in [-0.05, 0) is 121 Å². The van der Waals surface area contributed by atoms with Crippen LogP contribution in [0.2, 0.25) is 0 Å². The highest BCUT2D eigenvalue weighted by atomic mass is 14.7. The van der Waals surface area contributed by atoms with Crippen molar-refractivity contribution in [3.8, 4) is 22.4 Å². The Bertz CT molecular complexity index is 2180. The number of pyridine rings is 1. The van der Waals surface area contributed by atoms with Crippen LogP contribution in [-0.4, -0.2) is 4.98 Å². The quantitative estimate of drug-likeness (QED) is 0.117. The summed E-state index contributed by atoms with van der Waals surface area (Å²) in [5, 5.41) is 0. The first-order valence-corrected chi connectivity index (χ1v) is 20.8. The van der Waals surface area contributed by atoms with Crippen molar-refractivity contribution in [2.45, 2.75) is 70.6 Å². The highest BCUT2D eigenvalue weighted by Gasteiger charge is 2.27. The molecule has 282 valence electrons. The van der Waals surface area contributed by atoms with Crippen LogP contribution in [0.4, 0.5) is 0 Å². The molecule has 0 aliphatic heterocycles. The van der Waals surface area contributed by atoms with Crippen molar-refractivity contribution in [1.82, 2.24) is 4.98 Å². The smallest absolute Gasteiger partial charge is 0.0780 e. The molecular formula is C55H57N. The number of rotatable bonds is 10. The SMILES string of the molecule is C=C/C=C/C=C\C(C1=CC(/C2=C\CC(c3cccc(-c4cccnc4-c4ccccc4)c3)CCCC(C3CC=CCC3)CC2=C)CC=C1)=C(/C)c1ccccc1. The number of hydrogen-bond donors (Lipinski definition) is 0. The molecule has 0 radical (unpaired) electrons. The molecule has 1 heteroatoms. The van der Waals surface area contributed by atoms with E-state index in [0.717, 1.165) is 36.4 Å². The fourth-order valence-electron chi connectivity index (χ4n) is 9.14. The van der Waals surface area contributed by atoms with Crippen molar-refractivity contribution in [1.29, 1.82) is 0 Å². The van der Waals surface area contributed by atoms with Crippen molar-refractivity contribution < 1.29 is 0 Å². The van der Waals surface area contributed by atoms with Gasteiger partial charge in [-0.1, -0.05) is 183 Å². The Morgan fingerprint density at radius 3 is 2.38 bits per heavy atom. The third-order valence-corrected chi connectivity index (χ3v) is 12.2. The van der Waals surface area contributed by atoms with E-state index in [-0.39, 0.29) is 5.92 Å². The largest absolute Gasteiger partial charge is 0.256 e. The predicted octanol–water partition coefficient (Wildman–Crippen LogP) is 15.2. The lowest BCUT2D eigenvalue weighted by molar-refractivity contribution is 0.278. The summed E-state index contributed by atoms with van der Waals surface area (Å²) in [7, 11) is 0. The molecule has 1 heterocycles. The summed E-state index contributed by atoms with van der Waals surface area (Å²) in [6, 6.07) is 35.0. The van der Waals surface area contributed by atoms with Gasteiger partial charge in [0.15, 0.2) is 0 Å². The monoisotopic (exact) mass is 731 g/mol. The Kier molecular flexibility index (Phi) is 13.4. The van der Waals surface area contributed by atoms with E-state index in [1.54, 1.807) is 0 Å². The molecule has 0 saturated carbocycles. The highest BCUT2D eigenvalue weighted by molar-refractivity contribution is 5.81. The van der Waals surface area contributed by atoms with E-state index in [0.29, 0.717) is 11.8 Å². The first kappa shape index (κ1) is 38.7. The van der Waals surface area contributed by atoms with Crippen LogP contribution in [0.15, 0.2) is 206 Å². The Morgan fingerprint density at radius 2 is 1.57 bits per heavy atom. The third kappa shape index (κ3) is 9.64. The van der Waals surface area contributed by atoms with Crippen LogP contribution in [0.3, 0.4) is 0 Å². The van der Waals surface area contributed by atoms with Gasteiger partial charge in [-0.3, -0.25) is 4.98 Å². The molecule has 4 aromatic rings. The van der Waals surface area contributed by atoms with Crippen LogP contribution in [0.5, 0.6) is 0 Å². The molecule has 4 atom stereocenters. The molecule has 0 fully saturated rings. The van der Waals surface area contributed by atoms with Gasteiger partial charge in [0.25, 0.3) is 0 Å². The summed E-state index contributed by atoms with van der Waals surface area (Å²) in [4.78, 5) is 4.86. The van der Waals surface area contributed by atoms with Crippen molar-refractivity contribution in [2.24, 2.45) is 17.8 Å². The third-order valence-electron chi connectivity index (χ3n) is 12.2. The molecule has 56 heavy (non-hydrogen) atoms. The first-order chi connectivity index (χ1) is 27.6. The Morgan fingerprint density at radius 1 is 0.750 bits per heavy atom. The number of benzene rings is 3. The van der Waals surface area contributed by atoms with Crippen LogP contribution in [0, 0.1) is 17.8 Å². The second kappa shape index (κ2) is 19.4. The molecule has 3 aliphatic rings. The molecule has 0 spiro atoms. The lowest BCUT2D eigenvalue weighted by atomic mass is 9.73. The second-order valence-electron chi connectivity index (χ2n) is 15.8. The van der Waals surface area contributed by atoms with E-state index in [9.17, 15) is 0 Å². The lowest BCUT2D eigenvalue weighted by Gasteiger charge is -2.32. The summed E-state index contributed by atoms with van der Waals surface area (Å²) in [5.41, 5.74) is 13.9. The highest BCUT2D eigenvalue weighted by Crippen LogP contribution is 2.42. The van der Waals surface area contributed by atoms with Crippen molar-refractivity contribution in [2.75, 3.05) is 0 Å². The summed E-state index contributed by atoms with van der Waals surface area (Å²) in [6.07, 6.45) is 37.3. The molecule has 0 N–H and O–H groups in total. The Labute approximate surface area is 336 Å². The summed E-state index contributed by atoms with van der Waals surface area (Å²) in [5.74, 6) is 2.09. The van der Waals surface area contributed by atoms with Gasteiger partial charge in [-0.2, -0.15) is 0 Å². The van der Waals surface area contributed by atoms with E-state index in [4.69, 9.17) is 11.6 Å². The van der Waals surface area contributed by atoms with E-state index in [1.165, 1.54) is 88.6 Å². The minimum absolute atomic E-state index is 0.278. The first-order valence-electron chi connectivity index (χ1n) is 20.8. The second-order valence-corrected chi connectivity index (χ2v) is 15.8. The number of allylic oxidation sites excluding steroid dienone is 16. The van der Waals surface area contributed by atoms with Gasteiger partial charge in [0, 0.05) is 23.2 Å². The van der Waals surface area contributed by atoms with Crippen LogP contribution in [0.25, 0.3) is 28.0 Å². The Balaban J connectivity index is 1.25. The maximum absolute atomic E-state index is 4.91. The maximum Gasteiger partial charge on any atom is 0.0780 e. The zero-order valence-electron chi connectivity index (χ0n) is 33.2. The molecule has 1 aromatic heterocycles. The van der Waals surface area contributed by atoms with Crippen LogP contribution in [-0.2, 0) is 0 Å². The van der Waals surface area contributed by atoms with Gasteiger partial charge in [0.1, 0.15) is 0 Å². The minimum atomic E-state index is 0.278. The van der Waals surface area contributed by atoms with Gasteiger partial charge < -0.3 is 0 Å².